The van der Waals surface area contributed by atoms with E-state index < -0.39 is 6.04 Å². The molecule has 2 amide bonds. The average Bonchev–Trinajstić information content (AvgIpc) is 2.45. The number of imide groups is 1. The van der Waals surface area contributed by atoms with E-state index in [0.29, 0.717) is 13.0 Å². The van der Waals surface area contributed by atoms with Crippen LogP contribution in [-0.2, 0) is 9.59 Å². The number of nitrogens with one attached hydrogen (secondary N) is 1. The van der Waals surface area contributed by atoms with E-state index in [1.165, 1.54) is 7.05 Å². The highest BCUT2D eigenvalue weighted by Crippen LogP contribution is 2.17. The van der Waals surface area contributed by atoms with E-state index in [-0.39, 0.29) is 35.5 Å². The van der Waals surface area contributed by atoms with Crippen molar-refractivity contribution in [1.29, 1.82) is 0 Å². The Hall–Kier alpha value is -1.96. The molecule has 0 saturated carbocycles. The van der Waals surface area contributed by atoms with E-state index >= 15 is 0 Å². The zero-order valence-electron chi connectivity index (χ0n) is 11.8. The molecule has 21 heavy (non-hydrogen) atoms. The van der Waals surface area contributed by atoms with Gasteiger partial charge in [-0.2, -0.15) is 15.0 Å². The van der Waals surface area contributed by atoms with Gasteiger partial charge in [0.1, 0.15) is 6.04 Å². The second-order valence-electron chi connectivity index (χ2n) is 4.59. The number of nitrogens with zero attached hydrogens (tertiary/aromatic N) is 4. The maximum absolute atomic E-state index is 12.0. The van der Waals surface area contributed by atoms with Gasteiger partial charge in [-0.05, 0) is 24.4 Å². The molecule has 1 N–H and O–H groups in total. The molecule has 9 heteroatoms. The van der Waals surface area contributed by atoms with Crippen LogP contribution in [0.1, 0.15) is 26.2 Å². The maximum Gasteiger partial charge on any atom is 0.322 e. The van der Waals surface area contributed by atoms with Gasteiger partial charge in [-0.3, -0.25) is 14.5 Å². The van der Waals surface area contributed by atoms with Gasteiger partial charge in [0, 0.05) is 13.5 Å². The van der Waals surface area contributed by atoms with Crippen LogP contribution in [0.5, 0.6) is 6.01 Å². The molecule has 1 saturated heterocycles. The average molecular weight is 314 g/mol. The van der Waals surface area contributed by atoms with Crippen molar-refractivity contribution in [2.75, 3.05) is 19.0 Å². The third kappa shape index (κ3) is 3.78. The van der Waals surface area contributed by atoms with Crippen LogP contribution in [0.3, 0.4) is 0 Å². The number of anilines is 1. The molecule has 1 fully saturated rings. The third-order valence-corrected chi connectivity index (χ3v) is 3.14. The third-order valence-electron chi connectivity index (χ3n) is 2.98. The van der Waals surface area contributed by atoms with Gasteiger partial charge >= 0.3 is 6.01 Å². The molecule has 0 radical (unpaired) electrons. The van der Waals surface area contributed by atoms with Crippen molar-refractivity contribution in [2.24, 2.45) is 0 Å². The van der Waals surface area contributed by atoms with Gasteiger partial charge in [0.2, 0.25) is 17.1 Å². The molecule has 0 spiro atoms. The minimum atomic E-state index is -0.565. The Morgan fingerprint density at radius 1 is 1.38 bits per heavy atom. The Kier molecular flexibility index (Phi) is 4.89. The van der Waals surface area contributed by atoms with Crippen LogP contribution in [0.2, 0.25) is 5.28 Å². The standard InChI is InChI=1S/C12H16ClN5O3/c1-3-6-21-12-16-10(13)15-11(17-12)14-7-4-5-8(19)18(2)9(7)20/h7H,3-6H2,1-2H3,(H,14,15,16,17). The molecule has 1 aromatic rings. The van der Waals surface area contributed by atoms with Crippen LogP contribution < -0.4 is 10.1 Å². The number of likely N-dealkylation sites (tertiary alicyclic amines) is 1. The number of ether oxygens (including phenoxy) is 1. The van der Waals surface area contributed by atoms with E-state index in [1.54, 1.807) is 0 Å². The summed E-state index contributed by atoms with van der Waals surface area (Å²) in [6, 6.07) is -0.461. The summed E-state index contributed by atoms with van der Waals surface area (Å²) in [7, 11) is 1.45. The first-order chi connectivity index (χ1) is 10.0. The minimum Gasteiger partial charge on any atom is -0.463 e. The van der Waals surface area contributed by atoms with E-state index in [4.69, 9.17) is 16.3 Å². The highest BCUT2D eigenvalue weighted by atomic mass is 35.5. The van der Waals surface area contributed by atoms with Gasteiger partial charge in [0.15, 0.2) is 0 Å². The number of carbonyl (C=O) groups excluding carboxylic acids is 2. The smallest absolute Gasteiger partial charge is 0.322 e. The lowest BCUT2D eigenvalue weighted by molar-refractivity contribution is -0.146. The number of hydrogen-bond donors (Lipinski definition) is 1. The first kappa shape index (κ1) is 15.4. The van der Waals surface area contributed by atoms with E-state index in [0.717, 1.165) is 11.3 Å². The lowest BCUT2D eigenvalue weighted by atomic mass is 10.1. The van der Waals surface area contributed by atoms with E-state index in [9.17, 15) is 9.59 Å². The minimum absolute atomic E-state index is 0.0220. The van der Waals surface area contributed by atoms with Gasteiger partial charge in [0.25, 0.3) is 5.91 Å². The highest BCUT2D eigenvalue weighted by Gasteiger charge is 2.32. The maximum atomic E-state index is 12.0. The lowest BCUT2D eigenvalue weighted by Crippen LogP contribution is -2.48. The molecule has 1 aromatic heterocycles. The Labute approximate surface area is 126 Å². The summed E-state index contributed by atoms with van der Waals surface area (Å²) >= 11 is 5.80. The molecule has 2 rings (SSSR count). The number of aromatic nitrogens is 3. The molecular formula is C12H16ClN5O3. The molecular weight excluding hydrogens is 298 g/mol. The van der Waals surface area contributed by atoms with Crippen LogP contribution in [0, 0.1) is 0 Å². The molecule has 2 heterocycles. The van der Waals surface area contributed by atoms with E-state index in [1.807, 2.05) is 6.92 Å². The fourth-order valence-corrected chi connectivity index (χ4v) is 2.01. The Morgan fingerprint density at radius 2 is 2.14 bits per heavy atom. The number of likely N-dealkylation sites (N-methyl/N-ethyl adjacent to an activating group) is 1. The summed E-state index contributed by atoms with van der Waals surface area (Å²) in [6.45, 7) is 2.41. The van der Waals surface area contributed by atoms with E-state index in [2.05, 4.69) is 20.3 Å². The summed E-state index contributed by atoms with van der Waals surface area (Å²) in [4.78, 5) is 36.3. The second kappa shape index (κ2) is 6.66. The topological polar surface area (TPSA) is 97.3 Å². The van der Waals surface area contributed by atoms with Crippen molar-refractivity contribution in [3.63, 3.8) is 0 Å². The molecule has 0 aromatic carbocycles. The van der Waals surface area contributed by atoms with Gasteiger partial charge < -0.3 is 10.1 Å². The Morgan fingerprint density at radius 3 is 2.86 bits per heavy atom. The van der Waals surface area contributed by atoms with Gasteiger partial charge in [0.05, 0.1) is 6.61 Å². The lowest BCUT2D eigenvalue weighted by Gasteiger charge is -2.28. The molecule has 1 unspecified atom stereocenters. The van der Waals surface area contributed by atoms with Crippen molar-refractivity contribution in [1.82, 2.24) is 19.9 Å². The number of amides is 2. The number of hydrogen-bond acceptors (Lipinski definition) is 7. The van der Waals surface area contributed by atoms with Crippen molar-refractivity contribution in [3.05, 3.63) is 5.28 Å². The fourth-order valence-electron chi connectivity index (χ4n) is 1.86. The zero-order valence-corrected chi connectivity index (χ0v) is 12.6. The predicted molar refractivity (Wildman–Crippen MR) is 75.0 cm³/mol. The second-order valence-corrected chi connectivity index (χ2v) is 4.92. The molecule has 1 atom stereocenters. The number of rotatable bonds is 5. The van der Waals surface area contributed by atoms with Crippen molar-refractivity contribution < 1.29 is 14.3 Å². The van der Waals surface area contributed by atoms with Crippen LogP contribution in [0.4, 0.5) is 5.95 Å². The van der Waals surface area contributed by atoms with Crippen LogP contribution in [-0.4, -0.2) is 51.4 Å². The molecule has 0 aliphatic carbocycles. The largest absolute Gasteiger partial charge is 0.463 e. The monoisotopic (exact) mass is 313 g/mol. The Bertz CT molecular complexity index is 554. The molecule has 8 nitrogen and oxygen atoms in total. The predicted octanol–water partition coefficient (Wildman–Crippen LogP) is 0.873. The zero-order chi connectivity index (χ0) is 15.4. The quantitative estimate of drug-likeness (QED) is 0.805. The van der Waals surface area contributed by atoms with Crippen LogP contribution >= 0.6 is 11.6 Å². The van der Waals surface area contributed by atoms with Crippen molar-refractivity contribution in [3.8, 4) is 6.01 Å². The first-order valence-corrected chi connectivity index (χ1v) is 7.00. The molecule has 0 bridgehead atoms. The van der Waals surface area contributed by atoms with Crippen molar-refractivity contribution >= 4 is 29.4 Å². The summed E-state index contributed by atoms with van der Waals surface area (Å²) in [5.41, 5.74) is 0. The number of carbonyl (C=O) groups is 2. The number of halogens is 1. The first-order valence-electron chi connectivity index (χ1n) is 6.62. The van der Waals surface area contributed by atoms with Gasteiger partial charge in [-0.15, -0.1) is 0 Å². The summed E-state index contributed by atoms with van der Waals surface area (Å²) in [5.74, 6) is -0.361. The van der Waals surface area contributed by atoms with Crippen molar-refractivity contribution in [2.45, 2.75) is 32.2 Å². The highest BCUT2D eigenvalue weighted by molar-refractivity contribution is 6.28. The SMILES string of the molecule is CCCOc1nc(Cl)nc(NC2CCC(=O)N(C)C2=O)n1. The van der Waals surface area contributed by atoms with Gasteiger partial charge in [-0.1, -0.05) is 6.92 Å². The summed E-state index contributed by atoms with van der Waals surface area (Å²) in [6.07, 6.45) is 1.48. The van der Waals surface area contributed by atoms with Crippen LogP contribution in [0.15, 0.2) is 0 Å². The van der Waals surface area contributed by atoms with Crippen LogP contribution in [0.25, 0.3) is 0 Å². The summed E-state index contributed by atoms with van der Waals surface area (Å²) < 4.78 is 5.29. The summed E-state index contributed by atoms with van der Waals surface area (Å²) in [5, 5.41) is 2.85. The Balaban J connectivity index is 2.10. The fraction of sp³-hybridized carbons (Fsp3) is 0.583. The number of piperidine rings is 1. The molecule has 114 valence electrons. The van der Waals surface area contributed by atoms with Gasteiger partial charge in [-0.25, -0.2) is 0 Å². The molecule has 1 aliphatic rings. The normalized spacial score (nSPS) is 18.8. The molecule has 1 aliphatic heterocycles.